The number of methoxy groups -OCH3 is 1. The molecule has 1 aromatic rings. The van der Waals surface area contributed by atoms with Crippen molar-refractivity contribution in [1.82, 2.24) is 0 Å². The summed E-state index contributed by atoms with van der Waals surface area (Å²) in [6.07, 6.45) is -0.719. The van der Waals surface area contributed by atoms with Crippen LogP contribution in [0.15, 0.2) is 18.2 Å². The highest BCUT2D eigenvalue weighted by molar-refractivity contribution is 5.96. The van der Waals surface area contributed by atoms with Crippen molar-refractivity contribution in [3.63, 3.8) is 0 Å². The summed E-state index contributed by atoms with van der Waals surface area (Å²) in [6.45, 7) is 1.52. The topological polar surface area (TPSA) is 102 Å². The SMILES string of the molecule is COC(C)C(=O)Nc1ccc(O)cc1[N+](=O)[O-]. The van der Waals surface area contributed by atoms with Crippen LogP contribution >= 0.6 is 0 Å². The molecule has 1 rings (SSSR count). The minimum absolute atomic E-state index is 0.0155. The fourth-order valence-corrected chi connectivity index (χ4v) is 1.12. The molecule has 0 spiro atoms. The quantitative estimate of drug-likeness (QED) is 0.468. The number of nitro benzene ring substituents is 1. The Balaban J connectivity index is 2.98. The van der Waals surface area contributed by atoms with Crippen molar-refractivity contribution in [2.75, 3.05) is 12.4 Å². The summed E-state index contributed by atoms with van der Waals surface area (Å²) in [5.41, 5.74) is -0.358. The van der Waals surface area contributed by atoms with E-state index in [4.69, 9.17) is 9.84 Å². The molecule has 0 aliphatic heterocycles. The van der Waals surface area contributed by atoms with Crippen LogP contribution in [0.5, 0.6) is 5.75 Å². The maximum absolute atomic E-state index is 11.5. The molecule has 1 aromatic carbocycles. The largest absolute Gasteiger partial charge is 0.508 e. The number of carbonyl (C=O) groups excluding carboxylic acids is 1. The number of phenolic OH excluding ortho intramolecular Hbond substituents is 1. The summed E-state index contributed by atoms with van der Waals surface area (Å²) >= 11 is 0. The van der Waals surface area contributed by atoms with E-state index in [2.05, 4.69) is 5.32 Å². The molecule has 0 saturated carbocycles. The number of nitro groups is 1. The van der Waals surface area contributed by atoms with Gasteiger partial charge in [-0.25, -0.2) is 0 Å². The van der Waals surface area contributed by atoms with Gasteiger partial charge in [-0.3, -0.25) is 14.9 Å². The predicted molar refractivity (Wildman–Crippen MR) is 59.9 cm³/mol. The number of phenols is 1. The Bertz CT molecular complexity index is 446. The number of nitrogens with zero attached hydrogens (tertiary/aromatic N) is 1. The molecule has 1 amide bonds. The molecule has 2 N–H and O–H groups in total. The first-order chi connectivity index (χ1) is 7.95. The number of rotatable bonds is 4. The second kappa shape index (κ2) is 5.26. The summed E-state index contributed by atoms with van der Waals surface area (Å²) in [5, 5.41) is 22.2. The van der Waals surface area contributed by atoms with Crippen LogP contribution in [0.25, 0.3) is 0 Å². The minimum Gasteiger partial charge on any atom is -0.508 e. The summed E-state index contributed by atoms with van der Waals surface area (Å²) < 4.78 is 4.78. The summed E-state index contributed by atoms with van der Waals surface area (Å²) in [4.78, 5) is 21.5. The van der Waals surface area contributed by atoms with Gasteiger partial charge in [-0.05, 0) is 19.1 Å². The van der Waals surface area contributed by atoms with Crippen LogP contribution in [0.3, 0.4) is 0 Å². The molecule has 92 valence electrons. The average Bonchev–Trinajstić information content (AvgIpc) is 2.29. The van der Waals surface area contributed by atoms with Crippen molar-refractivity contribution in [2.24, 2.45) is 0 Å². The molecule has 17 heavy (non-hydrogen) atoms. The molecule has 0 fully saturated rings. The third-order valence-electron chi connectivity index (χ3n) is 2.16. The van der Waals surface area contributed by atoms with E-state index in [1.54, 1.807) is 0 Å². The van der Waals surface area contributed by atoms with E-state index < -0.39 is 16.9 Å². The third kappa shape index (κ3) is 3.15. The van der Waals surface area contributed by atoms with Crippen molar-refractivity contribution in [1.29, 1.82) is 0 Å². The number of nitrogens with one attached hydrogen (secondary N) is 1. The van der Waals surface area contributed by atoms with E-state index in [9.17, 15) is 14.9 Å². The second-order valence-electron chi connectivity index (χ2n) is 3.33. The first-order valence-corrected chi connectivity index (χ1v) is 4.76. The lowest BCUT2D eigenvalue weighted by molar-refractivity contribution is -0.384. The summed E-state index contributed by atoms with van der Waals surface area (Å²) in [5.74, 6) is -0.740. The molecule has 0 radical (unpaired) electrons. The first kappa shape index (κ1) is 12.9. The summed E-state index contributed by atoms with van der Waals surface area (Å²) in [6, 6.07) is 3.47. The molecule has 7 nitrogen and oxygen atoms in total. The van der Waals surface area contributed by atoms with Gasteiger partial charge in [0.1, 0.15) is 17.5 Å². The van der Waals surface area contributed by atoms with Crippen LogP contribution in [-0.4, -0.2) is 29.2 Å². The Hall–Kier alpha value is -2.15. The van der Waals surface area contributed by atoms with E-state index in [1.807, 2.05) is 0 Å². The number of hydrogen-bond donors (Lipinski definition) is 2. The maximum atomic E-state index is 11.5. The molecule has 0 aliphatic rings. The number of amides is 1. The first-order valence-electron chi connectivity index (χ1n) is 4.76. The van der Waals surface area contributed by atoms with Gasteiger partial charge in [-0.1, -0.05) is 0 Å². The average molecular weight is 240 g/mol. The van der Waals surface area contributed by atoms with Crippen LogP contribution in [-0.2, 0) is 9.53 Å². The molecule has 1 unspecified atom stereocenters. The van der Waals surface area contributed by atoms with Gasteiger partial charge in [-0.15, -0.1) is 0 Å². The van der Waals surface area contributed by atoms with Crippen LogP contribution in [0, 0.1) is 10.1 Å². The Kier molecular flexibility index (Phi) is 4.00. The lowest BCUT2D eigenvalue weighted by Crippen LogP contribution is -2.26. The zero-order valence-corrected chi connectivity index (χ0v) is 9.34. The number of ether oxygens (including phenoxy) is 1. The highest BCUT2D eigenvalue weighted by Gasteiger charge is 2.19. The molecule has 0 bridgehead atoms. The normalized spacial score (nSPS) is 11.9. The maximum Gasteiger partial charge on any atom is 0.296 e. The van der Waals surface area contributed by atoms with E-state index in [0.29, 0.717) is 0 Å². The fraction of sp³-hybridized carbons (Fsp3) is 0.300. The highest BCUT2D eigenvalue weighted by atomic mass is 16.6. The number of carbonyl (C=O) groups is 1. The van der Waals surface area contributed by atoms with Gasteiger partial charge < -0.3 is 15.2 Å². The Morgan fingerprint density at radius 3 is 2.76 bits per heavy atom. The van der Waals surface area contributed by atoms with Crippen molar-refractivity contribution in [2.45, 2.75) is 13.0 Å². The molecule has 0 heterocycles. The lowest BCUT2D eigenvalue weighted by atomic mass is 10.2. The number of benzene rings is 1. The van der Waals surface area contributed by atoms with Crippen molar-refractivity contribution in [3.05, 3.63) is 28.3 Å². The van der Waals surface area contributed by atoms with Crippen LogP contribution in [0.4, 0.5) is 11.4 Å². The Morgan fingerprint density at radius 1 is 1.59 bits per heavy atom. The standard InChI is InChI=1S/C10H12N2O5/c1-6(17-2)10(14)11-8-4-3-7(13)5-9(8)12(15)16/h3-6,13H,1-2H3,(H,11,14). The van der Waals surface area contributed by atoms with Gasteiger partial charge in [0.2, 0.25) is 0 Å². The molecular weight excluding hydrogens is 228 g/mol. The van der Waals surface area contributed by atoms with Crippen molar-refractivity contribution >= 4 is 17.3 Å². The van der Waals surface area contributed by atoms with Crippen LogP contribution in [0.1, 0.15) is 6.92 Å². The lowest BCUT2D eigenvalue weighted by Gasteiger charge is -2.10. The number of hydrogen-bond acceptors (Lipinski definition) is 5. The van der Waals surface area contributed by atoms with Gasteiger partial charge >= 0.3 is 0 Å². The Labute approximate surface area is 97.2 Å². The minimum atomic E-state index is -0.719. The van der Waals surface area contributed by atoms with Crippen molar-refractivity contribution < 1.29 is 19.6 Å². The molecule has 1 atom stereocenters. The number of aromatic hydroxyl groups is 1. The molecule has 0 saturated heterocycles. The van der Waals surface area contributed by atoms with Gasteiger partial charge in [0, 0.05) is 7.11 Å². The zero-order chi connectivity index (χ0) is 13.0. The van der Waals surface area contributed by atoms with Crippen LogP contribution in [0.2, 0.25) is 0 Å². The molecule has 0 aliphatic carbocycles. The second-order valence-corrected chi connectivity index (χ2v) is 3.33. The van der Waals surface area contributed by atoms with Gasteiger partial charge in [0.05, 0.1) is 11.0 Å². The van der Waals surface area contributed by atoms with E-state index in [1.165, 1.54) is 26.2 Å². The van der Waals surface area contributed by atoms with E-state index in [0.717, 1.165) is 6.07 Å². The zero-order valence-electron chi connectivity index (χ0n) is 9.34. The molecule has 7 heteroatoms. The van der Waals surface area contributed by atoms with Gasteiger partial charge in [0.15, 0.2) is 0 Å². The molecule has 0 aromatic heterocycles. The third-order valence-corrected chi connectivity index (χ3v) is 2.16. The highest BCUT2D eigenvalue weighted by Crippen LogP contribution is 2.28. The monoisotopic (exact) mass is 240 g/mol. The van der Waals surface area contributed by atoms with E-state index in [-0.39, 0.29) is 17.1 Å². The van der Waals surface area contributed by atoms with Crippen molar-refractivity contribution in [3.8, 4) is 5.75 Å². The predicted octanol–water partition coefficient (Wildman–Crippen LogP) is 1.27. The van der Waals surface area contributed by atoms with Crippen LogP contribution < -0.4 is 5.32 Å². The summed E-state index contributed by atoms with van der Waals surface area (Å²) in [7, 11) is 1.36. The molecular formula is C10H12N2O5. The number of anilines is 1. The Morgan fingerprint density at radius 2 is 2.24 bits per heavy atom. The fourth-order valence-electron chi connectivity index (χ4n) is 1.12. The van der Waals surface area contributed by atoms with E-state index >= 15 is 0 Å². The van der Waals surface area contributed by atoms with Gasteiger partial charge in [-0.2, -0.15) is 0 Å². The van der Waals surface area contributed by atoms with Gasteiger partial charge in [0.25, 0.3) is 11.6 Å². The smallest absolute Gasteiger partial charge is 0.296 e.